The van der Waals surface area contributed by atoms with Crippen LogP contribution in [0, 0.1) is 5.92 Å². The third-order valence-corrected chi connectivity index (χ3v) is 1.72. The van der Waals surface area contributed by atoms with Gasteiger partial charge in [-0.3, -0.25) is 10.8 Å². The van der Waals surface area contributed by atoms with Gasteiger partial charge in [0, 0.05) is 18.1 Å². The summed E-state index contributed by atoms with van der Waals surface area (Å²) in [5, 5.41) is 0. The van der Waals surface area contributed by atoms with Crippen LogP contribution in [0.15, 0.2) is 16.9 Å². The number of hydrazine groups is 1. The summed E-state index contributed by atoms with van der Waals surface area (Å²) in [7, 11) is 0. The molecule has 10 heavy (non-hydrogen) atoms. The van der Waals surface area contributed by atoms with Crippen molar-refractivity contribution < 1.29 is 0 Å². The molecule has 0 bridgehead atoms. The first kappa shape index (κ1) is 7.28. The Morgan fingerprint density at radius 1 is 1.90 bits per heavy atom. The number of allylic oxidation sites excluding steroid dienone is 1. The van der Waals surface area contributed by atoms with Crippen molar-refractivity contribution in [1.29, 1.82) is 0 Å². The van der Waals surface area contributed by atoms with Gasteiger partial charge in [-0.2, -0.15) is 0 Å². The molecule has 3 heteroatoms. The maximum atomic E-state index is 5.23. The first-order valence-corrected chi connectivity index (χ1v) is 3.55. The van der Waals surface area contributed by atoms with Gasteiger partial charge in [-0.1, -0.05) is 6.92 Å². The summed E-state index contributed by atoms with van der Waals surface area (Å²) in [6, 6.07) is 0. The van der Waals surface area contributed by atoms with Gasteiger partial charge in [0.15, 0.2) is 0 Å². The van der Waals surface area contributed by atoms with Crippen molar-refractivity contribution in [1.82, 2.24) is 5.43 Å². The Balaban J connectivity index is 2.50. The number of rotatable bonds is 2. The number of hydrogen-bond acceptors (Lipinski definition) is 3. The smallest absolute Gasteiger partial charge is 0.0467 e. The topological polar surface area (TPSA) is 50.4 Å². The highest BCUT2D eigenvalue weighted by atomic mass is 15.2. The van der Waals surface area contributed by atoms with E-state index in [0.717, 1.165) is 18.5 Å². The van der Waals surface area contributed by atoms with Crippen LogP contribution in [-0.2, 0) is 0 Å². The zero-order valence-corrected chi connectivity index (χ0v) is 6.17. The minimum Gasteiger partial charge on any atom is -0.327 e. The van der Waals surface area contributed by atoms with E-state index >= 15 is 0 Å². The first-order chi connectivity index (χ1) is 4.86. The van der Waals surface area contributed by atoms with Gasteiger partial charge in [-0.25, -0.2) is 0 Å². The summed E-state index contributed by atoms with van der Waals surface area (Å²) in [4.78, 5) is 4.05. The summed E-state index contributed by atoms with van der Waals surface area (Å²) < 4.78 is 0. The third-order valence-electron chi connectivity index (χ3n) is 1.72. The lowest BCUT2D eigenvalue weighted by Gasteiger charge is -2.14. The summed E-state index contributed by atoms with van der Waals surface area (Å²) in [6.45, 7) is 2.15. The number of nitrogens with zero attached hydrogens (tertiary/aromatic N) is 1. The van der Waals surface area contributed by atoms with Crippen molar-refractivity contribution in [2.75, 3.05) is 0 Å². The van der Waals surface area contributed by atoms with Crippen LogP contribution in [0.2, 0.25) is 0 Å². The molecule has 1 aliphatic rings. The predicted molar refractivity (Wildman–Crippen MR) is 42.3 cm³/mol. The van der Waals surface area contributed by atoms with E-state index in [9.17, 15) is 0 Å². The number of hydrogen-bond donors (Lipinski definition) is 2. The fourth-order valence-corrected chi connectivity index (χ4v) is 0.989. The molecule has 1 unspecified atom stereocenters. The molecule has 1 aliphatic heterocycles. The Bertz CT molecular complexity index is 160. The molecule has 1 atom stereocenters. The standard InChI is InChI=1S/C7H13N3/c1-2-6-3-7(10-8)5-9-4-6/h4-6,10H,2-3,8H2,1H3. The third kappa shape index (κ3) is 1.57. The van der Waals surface area contributed by atoms with E-state index < -0.39 is 0 Å². The van der Waals surface area contributed by atoms with E-state index in [1.54, 1.807) is 6.20 Å². The zero-order chi connectivity index (χ0) is 7.40. The van der Waals surface area contributed by atoms with Crippen LogP contribution in [0.5, 0.6) is 0 Å². The predicted octanol–water partition coefficient (Wildman–Crippen LogP) is 0.792. The molecule has 0 aromatic carbocycles. The normalized spacial score (nSPS) is 24.2. The van der Waals surface area contributed by atoms with E-state index in [2.05, 4.69) is 17.3 Å². The van der Waals surface area contributed by atoms with E-state index in [1.807, 2.05) is 6.21 Å². The van der Waals surface area contributed by atoms with Crippen molar-refractivity contribution in [2.45, 2.75) is 19.8 Å². The summed E-state index contributed by atoms with van der Waals surface area (Å²) >= 11 is 0. The second kappa shape index (κ2) is 3.37. The molecule has 0 aromatic rings. The van der Waals surface area contributed by atoms with Crippen molar-refractivity contribution in [3.05, 3.63) is 11.9 Å². The van der Waals surface area contributed by atoms with Crippen LogP contribution < -0.4 is 11.3 Å². The highest BCUT2D eigenvalue weighted by Crippen LogP contribution is 2.14. The lowest BCUT2D eigenvalue weighted by Crippen LogP contribution is -2.24. The molecule has 0 fully saturated rings. The summed E-state index contributed by atoms with van der Waals surface area (Å²) in [5.74, 6) is 5.79. The average molecular weight is 139 g/mol. The average Bonchev–Trinajstić information content (AvgIpc) is 2.05. The minimum absolute atomic E-state index is 0.566. The Morgan fingerprint density at radius 3 is 3.30 bits per heavy atom. The quantitative estimate of drug-likeness (QED) is 0.439. The van der Waals surface area contributed by atoms with Gasteiger partial charge in [0.1, 0.15) is 0 Å². The molecule has 0 aliphatic carbocycles. The van der Waals surface area contributed by atoms with Gasteiger partial charge in [0.05, 0.1) is 0 Å². The molecule has 0 radical (unpaired) electrons. The van der Waals surface area contributed by atoms with E-state index in [0.29, 0.717) is 5.92 Å². The lowest BCUT2D eigenvalue weighted by molar-refractivity contribution is 0.623. The van der Waals surface area contributed by atoms with Gasteiger partial charge >= 0.3 is 0 Å². The highest BCUT2D eigenvalue weighted by Gasteiger charge is 2.08. The second-order valence-corrected chi connectivity index (χ2v) is 2.47. The fraction of sp³-hybridized carbons (Fsp3) is 0.571. The van der Waals surface area contributed by atoms with Crippen LogP contribution in [-0.4, -0.2) is 6.21 Å². The van der Waals surface area contributed by atoms with Crippen LogP contribution in [0.3, 0.4) is 0 Å². The number of aliphatic imine (C=N–C) groups is 1. The SMILES string of the molecule is CCC1C=NC=C(NN)C1. The number of nitrogens with two attached hydrogens (primary N) is 1. The summed E-state index contributed by atoms with van der Waals surface area (Å²) in [5.41, 5.74) is 3.64. The van der Waals surface area contributed by atoms with Crippen molar-refractivity contribution in [3.63, 3.8) is 0 Å². The molecule has 0 spiro atoms. The molecular formula is C7H13N3. The second-order valence-electron chi connectivity index (χ2n) is 2.47. The van der Waals surface area contributed by atoms with Crippen molar-refractivity contribution in [2.24, 2.45) is 16.8 Å². The largest absolute Gasteiger partial charge is 0.327 e. The van der Waals surface area contributed by atoms with Gasteiger partial charge in [-0.05, 0) is 18.8 Å². The van der Waals surface area contributed by atoms with Crippen LogP contribution >= 0.6 is 0 Å². The van der Waals surface area contributed by atoms with Gasteiger partial charge in [0.2, 0.25) is 0 Å². The maximum absolute atomic E-state index is 5.23. The highest BCUT2D eigenvalue weighted by molar-refractivity contribution is 5.63. The van der Waals surface area contributed by atoms with Crippen LogP contribution in [0.1, 0.15) is 19.8 Å². The van der Waals surface area contributed by atoms with Crippen LogP contribution in [0.4, 0.5) is 0 Å². The minimum atomic E-state index is 0.566. The molecule has 1 rings (SSSR count). The molecule has 0 saturated carbocycles. The monoisotopic (exact) mass is 139 g/mol. The molecule has 3 N–H and O–H groups in total. The molecule has 3 nitrogen and oxygen atoms in total. The molecule has 0 amide bonds. The Labute approximate surface area is 61.0 Å². The van der Waals surface area contributed by atoms with E-state index in [1.165, 1.54) is 0 Å². The molecule has 0 aromatic heterocycles. The van der Waals surface area contributed by atoms with Crippen molar-refractivity contribution >= 4 is 6.21 Å². The number of nitrogens with one attached hydrogen (secondary N) is 1. The Hall–Kier alpha value is -0.830. The Morgan fingerprint density at radius 2 is 2.70 bits per heavy atom. The van der Waals surface area contributed by atoms with Gasteiger partial charge in [-0.15, -0.1) is 0 Å². The van der Waals surface area contributed by atoms with Gasteiger partial charge < -0.3 is 5.43 Å². The maximum Gasteiger partial charge on any atom is 0.0467 e. The molecule has 1 heterocycles. The zero-order valence-electron chi connectivity index (χ0n) is 6.17. The Kier molecular flexibility index (Phi) is 2.45. The fourth-order valence-electron chi connectivity index (χ4n) is 0.989. The lowest BCUT2D eigenvalue weighted by atomic mass is 10.0. The van der Waals surface area contributed by atoms with Crippen molar-refractivity contribution in [3.8, 4) is 0 Å². The molecule has 56 valence electrons. The first-order valence-electron chi connectivity index (χ1n) is 3.55. The molecular weight excluding hydrogens is 126 g/mol. The summed E-state index contributed by atoms with van der Waals surface area (Å²) in [6.07, 6.45) is 5.87. The molecule has 0 saturated heterocycles. The van der Waals surface area contributed by atoms with E-state index in [4.69, 9.17) is 5.84 Å². The van der Waals surface area contributed by atoms with Gasteiger partial charge in [0.25, 0.3) is 0 Å². The van der Waals surface area contributed by atoms with Crippen LogP contribution in [0.25, 0.3) is 0 Å². The van der Waals surface area contributed by atoms with E-state index in [-0.39, 0.29) is 0 Å².